The number of nitrogens with one attached hydrogen (secondary N) is 1. The first-order chi connectivity index (χ1) is 16.5. The lowest BCUT2D eigenvalue weighted by Crippen LogP contribution is -2.46. The van der Waals surface area contributed by atoms with Crippen molar-refractivity contribution >= 4 is 28.0 Å². The monoisotopic (exact) mass is 529 g/mol. The van der Waals surface area contributed by atoms with E-state index in [1.54, 1.807) is 0 Å². The number of rotatable bonds is 7. The SMILES string of the molecule is Cc1ccnc2c1nc(NC1CCN(CC(N)C(C)C)CC1)n2Cc1cccc2cccnc12.O.O.O.O. The van der Waals surface area contributed by atoms with Crippen molar-refractivity contribution in [1.29, 1.82) is 0 Å². The Balaban J connectivity index is 0.00000180. The van der Waals surface area contributed by atoms with E-state index >= 15 is 0 Å². The van der Waals surface area contributed by atoms with Crippen LogP contribution in [-0.4, -0.2) is 78.0 Å². The molecule has 0 spiro atoms. The number of benzene rings is 1. The Bertz CT molecular complexity index is 1280. The molecule has 1 atom stereocenters. The summed E-state index contributed by atoms with van der Waals surface area (Å²) in [4.78, 5) is 16.9. The molecule has 1 saturated heterocycles. The zero-order chi connectivity index (χ0) is 23.7. The minimum Gasteiger partial charge on any atom is -0.412 e. The summed E-state index contributed by atoms with van der Waals surface area (Å²) in [5.74, 6) is 1.40. The maximum atomic E-state index is 6.31. The lowest BCUT2D eigenvalue weighted by atomic mass is 10.0. The first-order valence-corrected chi connectivity index (χ1v) is 12.4. The molecule has 11 nitrogen and oxygen atoms in total. The van der Waals surface area contributed by atoms with Gasteiger partial charge in [-0.15, -0.1) is 0 Å². The number of nitrogens with two attached hydrogens (primary N) is 1. The van der Waals surface area contributed by atoms with Crippen molar-refractivity contribution in [2.24, 2.45) is 11.7 Å². The molecule has 4 heterocycles. The maximum Gasteiger partial charge on any atom is 0.205 e. The van der Waals surface area contributed by atoms with E-state index < -0.39 is 0 Å². The number of aryl methyl sites for hydroxylation is 1. The molecule has 0 radical (unpaired) electrons. The molecule has 3 aromatic heterocycles. The first kappa shape index (κ1) is 32.8. The second kappa shape index (κ2) is 14.1. The van der Waals surface area contributed by atoms with Crippen molar-refractivity contribution in [3.8, 4) is 0 Å². The normalized spacial score (nSPS) is 14.8. The molecule has 1 fully saturated rings. The number of para-hydroxylation sites is 1. The highest BCUT2D eigenvalue weighted by Crippen LogP contribution is 2.26. The summed E-state index contributed by atoms with van der Waals surface area (Å²) in [6.07, 6.45) is 5.89. The predicted molar refractivity (Wildman–Crippen MR) is 153 cm³/mol. The summed E-state index contributed by atoms with van der Waals surface area (Å²) >= 11 is 0. The number of aromatic nitrogens is 4. The number of piperidine rings is 1. The Hall–Kier alpha value is -3.19. The van der Waals surface area contributed by atoms with Gasteiger partial charge in [-0.1, -0.05) is 38.1 Å². The van der Waals surface area contributed by atoms with Gasteiger partial charge in [0.1, 0.15) is 5.52 Å². The molecular weight excluding hydrogens is 486 g/mol. The van der Waals surface area contributed by atoms with Gasteiger partial charge >= 0.3 is 0 Å². The van der Waals surface area contributed by atoms with Crippen LogP contribution in [0.1, 0.15) is 37.8 Å². The van der Waals surface area contributed by atoms with Gasteiger partial charge in [-0.2, -0.15) is 0 Å². The highest BCUT2D eigenvalue weighted by Gasteiger charge is 2.24. The van der Waals surface area contributed by atoms with E-state index in [0.717, 1.165) is 66.1 Å². The molecular formula is C27H43N7O4. The molecule has 1 aromatic carbocycles. The first-order valence-electron chi connectivity index (χ1n) is 12.4. The van der Waals surface area contributed by atoms with E-state index in [4.69, 9.17) is 15.7 Å². The molecule has 11 N–H and O–H groups in total. The van der Waals surface area contributed by atoms with Gasteiger partial charge in [-0.25, -0.2) is 9.97 Å². The van der Waals surface area contributed by atoms with Gasteiger partial charge in [0.2, 0.25) is 5.95 Å². The average Bonchev–Trinajstić information content (AvgIpc) is 3.18. The molecule has 0 amide bonds. The standard InChI is InChI=1S/C27H35N7.4H2O/c1-18(2)23(28)17-33-14-10-22(11-15-33)31-27-32-24-19(3)9-13-30-26(24)34(27)16-21-7-4-6-20-8-5-12-29-25(20)21;;;;/h4-9,12-13,18,22-23H,10-11,14-17,28H2,1-3H3,(H,31,32);4*1H2. The number of anilines is 1. The Morgan fingerprint density at radius 2 is 1.66 bits per heavy atom. The van der Waals surface area contributed by atoms with Crippen LogP contribution in [0.5, 0.6) is 0 Å². The van der Waals surface area contributed by atoms with Gasteiger partial charge in [0.05, 0.1) is 12.1 Å². The fourth-order valence-electron chi connectivity index (χ4n) is 4.82. The van der Waals surface area contributed by atoms with Crippen LogP contribution in [0.3, 0.4) is 0 Å². The van der Waals surface area contributed by atoms with E-state index in [1.807, 2.05) is 24.5 Å². The molecule has 0 bridgehead atoms. The molecule has 0 aliphatic carbocycles. The van der Waals surface area contributed by atoms with Crippen LogP contribution in [0, 0.1) is 12.8 Å². The number of hydrogen-bond acceptors (Lipinski definition) is 6. The van der Waals surface area contributed by atoms with Crippen molar-refractivity contribution in [2.75, 3.05) is 25.0 Å². The Morgan fingerprint density at radius 3 is 2.37 bits per heavy atom. The number of nitrogens with zero attached hydrogens (tertiary/aromatic N) is 5. The highest BCUT2D eigenvalue weighted by molar-refractivity contribution is 5.82. The third kappa shape index (κ3) is 6.81. The van der Waals surface area contributed by atoms with Crippen LogP contribution in [0.25, 0.3) is 22.1 Å². The van der Waals surface area contributed by atoms with Crippen LogP contribution >= 0.6 is 0 Å². The third-order valence-electron chi connectivity index (χ3n) is 7.13. The maximum absolute atomic E-state index is 6.31. The molecule has 210 valence electrons. The summed E-state index contributed by atoms with van der Waals surface area (Å²) in [5.41, 5.74) is 11.5. The number of hydrogen-bond donors (Lipinski definition) is 2. The summed E-state index contributed by atoms with van der Waals surface area (Å²) in [6.45, 7) is 10.3. The summed E-state index contributed by atoms with van der Waals surface area (Å²) < 4.78 is 2.22. The largest absolute Gasteiger partial charge is 0.412 e. The van der Waals surface area contributed by atoms with Crippen molar-refractivity contribution in [1.82, 2.24) is 24.4 Å². The number of likely N-dealkylation sites (tertiary alicyclic amines) is 1. The number of fused-ring (bicyclic) bond motifs is 2. The lowest BCUT2D eigenvalue weighted by molar-refractivity contribution is 0.194. The van der Waals surface area contributed by atoms with Gasteiger partial charge in [-0.3, -0.25) is 9.55 Å². The topological polar surface area (TPSA) is 211 Å². The van der Waals surface area contributed by atoms with Crippen LogP contribution < -0.4 is 11.1 Å². The molecule has 11 heteroatoms. The zero-order valence-electron chi connectivity index (χ0n) is 22.4. The molecule has 1 unspecified atom stereocenters. The van der Waals surface area contributed by atoms with Crippen LogP contribution in [-0.2, 0) is 6.54 Å². The van der Waals surface area contributed by atoms with Crippen molar-refractivity contribution in [3.63, 3.8) is 0 Å². The van der Waals surface area contributed by atoms with Gasteiger partial charge < -0.3 is 37.9 Å². The van der Waals surface area contributed by atoms with E-state index in [2.05, 4.69) is 64.8 Å². The summed E-state index contributed by atoms with van der Waals surface area (Å²) in [5, 5.41) is 4.91. The predicted octanol–water partition coefficient (Wildman–Crippen LogP) is 0.897. The van der Waals surface area contributed by atoms with E-state index in [9.17, 15) is 0 Å². The Morgan fingerprint density at radius 1 is 0.947 bits per heavy atom. The van der Waals surface area contributed by atoms with Crippen LogP contribution in [0.2, 0.25) is 0 Å². The van der Waals surface area contributed by atoms with Crippen molar-refractivity contribution in [3.05, 3.63) is 59.9 Å². The number of imidazole rings is 1. The Kier molecular flexibility index (Phi) is 12.2. The number of pyridine rings is 2. The minimum absolute atomic E-state index is 0. The molecule has 0 saturated carbocycles. The van der Waals surface area contributed by atoms with Crippen molar-refractivity contribution < 1.29 is 21.9 Å². The third-order valence-corrected chi connectivity index (χ3v) is 7.13. The van der Waals surface area contributed by atoms with E-state index in [1.165, 1.54) is 5.56 Å². The summed E-state index contributed by atoms with van der Waals surface area (Å²) in [6, 6.07) is 13.1. The fourth-order valence-corrected chi connectivity index (χ4v) is 4.82. The molecule has 1 aliphatic heterocycles. The average molecular weight is 530 g/mol. The van der Waals surface area contributed by atoms with Gasteiger partial charge in [0.15, 0.2) is 5.65 Å². The summed E-state index contributed by atoms with van der Waals surface area (Å²) in [7, 11) is 0. The van der Waals surface area contributed by atoms with Crippen molar-refractivity contribution in [2.45, 2.75) is 52.2 Å². The molecule has 1 aliphatic rings. The van der Waals surface area contributed by atoms with E-state index in [0.29, 0.717) is 18.5 Å². The second-order valence-corrected chi connectivity index (χ2v) is 9.94. The van der Waals surface area contributed by atoms with Gasteiger partial charge in [-0.05, 0) is 48.9 Å². The smallest absolute Gasteiger partial charge is 0.205 e. The quantitative estimate of drug-likeness (QED) is 0.354. The highest BCUT2D eigenvalue weighted by atomic mass is 16.0. The van der Waals surface area contributed by atoms with Crippen LogP contribution in [0.4, 0.5) is 5.95 Å². The minimum atomic E-state index is 0. The van der Waals surface area contributed by atoms with Crippen LogP contribution in [0.15, 0.2) is 48.8 Å². The molecule has 38 heavy (non-hydrogen) atoms. The lowest BCUT2D eigenvalue weighted by Gasteiger charge is -2.34. The zero-order valence-corrected chi connectivity index (χ0v) is 22.4. The molecule has 4 aromatic rings. The van der Waals surface area contributed by atoms with Gasteiger partial charge in [0, 0.05) is 49.5 Å². The second-order valence-electron chi connectivity index (χ2n) is 9.94. The fraction of sp³-hybridized carbons (Fsp3) is 0.444. The molecule has 5 rings (SSSR count). The van der Waals surface area contributed by atoms with E-state index in [-0.39, 0.29) is 27.9 Å². The van der Waals surface area contributed by atoms with Gasteiger partial charge in [0.25, 0.3) is 0 Å². The Labute approximate surface area is 223 Å².